The summed E-state index contributed by atoms with van der Waals surface area (Å²) in [7, 11) is 0. The van der Waals surface area contributed by atoms with Crippen molar-refractivity contribution in [3.8, 4) is 0 Å². The first kappa shape index (κ1) is 15.4. The highest BCUT2D eigenvalue weighted by molar-refractivity contribution is 6.30. The van der Waals surface area contributed by atoms with E-state index in [2.05, 4.69) is 15.3 Å². The first-order chi connectivity index (χ1) is 11.1. The minimum absolute atomic E-state index is 0.144. The predicted molar refractivity (Wildman–Crippen MR) is 89.9 cm³/mol. The van der Waals surface area contributed by atoms with Gasteiger partial charge in [0.15, 0.2) is 0 Å². The zero-order chi connectivity index (χ0) is 16.2. The summed E-state index contributed by atoms with van der Waals surface area (Å²) in [5.41, 5.74) is 2.22. The molecule has 2 N–H and O–H groups in total. The van der Waals surface area contributed by atoms with Gasteiger partial charge in [0, 0.05) is 17.0 Å². The zero-order valence-corrected chi connectivity index (χ0v) is 13.4. The van der Waals surface area contributed by atoms with Crippen LogP contribution in [0.15, 0.2) is 51.9 Å². The van der Waals surface area contributed by atoms with Crippen molar-refractivity contribution < 1.29 is 4.42 Å². The fourth-order valence-electron chi connectivity index (χ4n) is 2.29. The van der Waals surface area contributed by atoms with E-state index in [0.717, 1.165) is 11.3 Å². The summed E-state index contributed by atoms with van der Waals surface area (Å²) in [6, 6.07) is 11.1. The number of nitrogens with one attached hydrogen (secondary N) is 2. The van der Waals surface area contributed by atoms with Crippen molar-refractivity contribution in [1.29, 1.82) is 0 Å². The van der Waals surface area contributed by atoms with Crippen LogP contribution in [-0.4, -0.2) is 9.97 Å². The van der Waals surface area contributed by atoms with E-state index < -0.39 is 0 Å². The largest absolute Gasteiger partial charge is 0.467 e. The Balaban J connectivity index is 1.77. The van der Waals surface area contributed by atoms with Gasteiger partial charge in [0.05, 0.1) is 18.5 Å². The first-order valence-corrected chi connectivity index (χ1v) is 7.60. The highest BCUT2D eigenvalue weighted by Crippen LogP contribution is 2.14. The number of aromatic amines is 1. The molecule has 0 saturated carbocycles. The standard InChI is InChI=1S/C17H16ClN3O2/c1-11-15(9-12-4-6-13(18)7-5-12)16(22)21-17(20-11)19-10-14-3-2-8-23-14/h2-8H,9-10H2,1H3,(H2,19,20,21,22). The van der Waals surface area contributed by atoms with Gasteiger partial charge in [0.2, 0.25) is 5.95 Å². The van der Waals surface area contributed by atoms with E-state index in [0.29, 0.717) is 35.2 Å². The summed E-state index contributed by atoms with van der Waals surface area (Å²) in [6.07, 6.45) is 2.12. The van der Waals surface area contributed by atoms with Gasteiger partial charge < -0.3 is 9.73 Å². The number of aryl methyl sites for hydroxylation is 1. The molecule has 1 aromatic carbocycles. The minimum Gasteiger partial charge on any atom is -0.467 e. The van der Waals surface area contributed by atoms with Gasteiger partial charge in [-0.3, -0.25) is 9.78 Å². The maximum Gasteiger partial charge on any atom is 0.256 e. The molecule has 0 amide bonds. The number of benzene rings is 1. The van der Waals surface area contributed by atoms with E-state index in [1.807, 2.05) is 43.3 Å². The van der Waals surface area contributed by atoms with E-state index >= 15 is 0 Å². The quantitative estimate of drug-likeness (QED) is 0.751. The third-order valence-corrected chi connectivity index (χ3v) is 3.78. The summed E-state index contributed by atoms with van der Waals surface area (Å²) >= 11 is 5.88. The lowest BCUT2D eigenvalue weighted by molar-refractivity contribution is 0.517. The Hall–Kier alpha value is -2.53. The molecule has 5 nitrogen and oxygen atoms in total. The second kappa shape index (κ2) is 6.71. The van der Waals surface area contributed by atoms with Crippen molar-refractivity contribution >= 4 is 17.5 Å². The normalized spacial score (nSPS) is 10.7. The molecule has 0 fully saturated rings. The Labute approximate surface area is 138 Å². The van der Waals surface area contributed by atoms with Crippen LogP contribution in [0.1, 0.15) is 22.6 Å². The van der Waals surface area contributed by atoms with Crippen LogP contribution in [0.25, 0.3) is 0 Å². The van der Waals surface area contributed by atoms with E-state index in [1.54, 1.807) is 6.26 Å². The van der Waals surface area contributed by atoms with E-state index in [-0.39, 0.29) is 5.56 Å². The van der Waals surface area contributed by atoms with Gasteiger partial charge in [-0.1, -0.05) is 23.7 Å². The fourth-order valence-corrected chi connectivity index (χ4v) is 2.42. The van der Waals surface area contributed by atoms with E-state index in [1.165, 1.54) is 0 Å². The second-order valence-corrected chi connectivity index (χ2v) is 5.65. The molecule has 0 aliphatic carbocycles. The number of hydrogen-bond donors (Lipinski definition) is 2. The van der Waals surface area contributed by atoms with Gasteiger partial charge in [-0.05, 0) is 36.8 Å². The Bertz CT molecular complexity index is 839. The smallest absolute Gasteiger partial charge is 0.256 e. The lowest BCUT2D eigenvalue weighted by Gasteiger charge is -2.08. The predicted octanol–water partition coefficient (Wildman–Crippen LogP) is 3.53. The van der Waals surface area contributed by atoms with Crippen LogP contribution >= 0.6 is 11.6 Å². The van der Waals surface area contributed by atoms with Crippen LogP contribution in [0.2, 0.25) is 5.02 Å². The molecule has 3 rings (SSSR count). The summed E-state index contributed by atoms with van der Waals surface area (Å²) in [5, 5.41) is 3.73. The molecular weight excluding hydrogens is 314 g/mol. The Morgan fingerprint density at radius 2 is 2.04 bits per heavy atom. The number of furan rings is 1. The van der Waals surface area contributed by atoms with Crippen LogP contribution in [0.4, 0.5) is 5.95 Å². The molecule has 6 heteroatoms. The second-order valence-electron chi connectivity index (χ2n) is 5.21. The van der Waals surface area contributed by atoms with Gasteiger partial charge in [0.1, 0.15) is 5.76 Å². The molecule has 0 bridgehead atoms. The van der Waals surface area contributed by atoms with Crippen LogP contribution in [-0.2, 0) is 13.0 Å². The zero-order valence-electron chi connectivity index (χ0n) is 12.6. The summed E-state index contributed by atoms with van der Waals surface area (Å²) < 4.78 is 5.23. The maximum atomic E-state index is 12.3. The molecule has 0 atom stereocenters. The van der Waals surface area contributed by atoms with Crippen LogP contribution < -0.4 is 10.9 Å². The molecule has 0 saturated heterocycles. The van der Waals surface area contributed by atoms with Crippen molar-refractivity contribution in [1.82, 2.24) is 9.97 Å². The molecule has 0 spiro atoms. The molecule has 0 unspecified atom stereocenters. The topological polar surface area (TPSA) is 70.9 Å². The fraction of sp³-hybridized carbons (Fsp3) is 0.176. The summed E-state index contributed by atoms with van der Waals surface area (Å²) in [4.78, 5) is 19.5. The monoisotopic (exact) mass is 329 g/mol. The lowest BCUT2D eigenvalue weighted by atomic mass is 10.1. The third kappa shape index (κ3) is 3.81. The van der Waals surface area contributed by atoms with Gasteiger partial charge in [-0.2, -0.15) is 0 Å². The van der Waals surface area contributed by atoms with Crippen molar-refractivity contribution in [3.63, 3.8) is 0 Å². The van der Waals surface area contributed by atoms with Crippen molar-refractivity contribution in [3.05, 3.63) is 80.6 Å². The number of halogens is 1. The van der Waals surface area contributed by atoms with Crippen molar-refractivity contribution in [2.45, 2.75) is 19.9 Å². The first-order valence-electron chi connectivity index (χ1n) is 7.22. The third-order valence-electron chi connectivity index (χ3n) is 3.53. The Morgan fingerprint density at radius 3 is 2.70 bits per heavy atom. The summed E-state index contributed by atoms with van der Waals surface area (Å²) in [5.74, 6) is 1.21. The highest BCUT2D eigenvalue weighted by Gasteiger charge is 2.09. The maximum absolute atomic E-state index is 12.3. The molecule has 0 radical (unpaired) electrons. The van der Waals surface area contributed by atoms with Gasteiger partial charge in [-0.25, -0.2) is 4.98 Å². The molecule has 0 aliphatic rings. The van der Waals surface area contributed by atoms with Crippen molar-refractivity contribution in [2.75, 3.05) is 5.32 Å². The molecule has 118 valence electrons. The highest BCUT2D eigenvalue weighted by atomic mass is 35.5. The molecule has 3 aromatic rings. The SMILES string of the molecule is Cc1nc(NCc2ccco2)[nH]c(=O)c1Cc1ccc(Cl)cc1. The average Bonchev–Trinajstić information content (AvgIpc) is 3.04. The number of anilines is 1. The number of H-pyrrole nitrogens is 1. The molecule has 23 heavy (non-hydrogen) atoms. The minimum atomic E-state index is -0.144. The number of hydrogen-bond acceptors (Lipinski definition) is 4. The number of rotatable bonds is 5. The van der Waals surface area contributed by atoms with E-state index in [4.69, 9.17) is 16.0 Å². The van der Waals surface area contributed by atoms with Crippen molar-refractivity contribution in [2.24, 2.45) is 0 Å². The average molecular weight is 330 g/mol. The Morgan fingerprint density at radius 1 is 1.26 bits per heavy atom. The summed E-state index contributed by atoms with van der Waals surface area (Å²) in [6.45, 7) is 2.30. The molecular formula is C17H16ClN3O2. The molecule has 2 aromatic heterocycles. The van der Waals surface area contributed by atoms with Gasteiger partial charge in [-0.15, -0.1) is 0 Å². The number of nitrogens with zero attached hydrogens (tertiary/aromatic N) is 1. The van der Waals surface area contributed by atoms with Crippen LogP contribution in [0.5, 0.6) is 0 Å². The number of aromatic nitrogens is 2. The van der Waals surface area contributed by atoms with Crippen LogP contribution in [0, 0.1) is 6.92 Å². The van der Waals surface area contributed by atoms with Gasteiger partial charge in [0.25, 0.3) is 5.56 Å². The Kier molecular flexibility index (Phi) is 4.48. The van der Waals surface area contributed by atoms with E-state index in [9.17, 15) is 4.79 Å². The molecule has 2 heterocycles. The van der Waals surface area contributed by atoms with Crippen LogP contribution in [0.3, 0.4) is 0 Å². The molecule has 0 aliphatic heterocycles. The lowest BCUT2D eigenvalue weighted by Crippen LogP contribution is -2.19. The van der Waals surface area contributed by atoms with Gasteiger partial charge >= 0.3 is 0 Å².